The number of likely N-dealkylation sites (tertiary alicyclic amines) is 3. The Morgan fingerprint density at radius 3 is 0.784 bits per heavy atom. The highest BCUT2D eigenvalue weighted by Gasteiger charge is 2.47. The van der Waals surface area contributed by atoms with E-state index in [1.54, 1.807) is 0 Å². The van der Waals surface area contributed by atoms with E-state index in [9.17, 15) is 0 Å². The molecule has 9 nitrogen and oxygen atoms in total. The van der Waals surface area contributed by atoms with Crippen LogP contribution in [-0.2, 0) is 0 Å². The smallest absolute Gasteiger partial charge is 0.325 e. The van der Waals surface area contributed by atoms with E-state index in [0.29, 0.717) is 19.8 Å². The molecule has 1 aromatic rings. The van der Waals surface area contributed by atoms with Crippen LogP contribution in [0.15, 0.2) is 0 Å². The van der Waals surface area contributed by atoms with Gasteiger partial charge in [0, 0.05) is 51.4 Å². The zero-order valence-electron chi connectivity index (χ0n) is 35.7. The molecule has 294 valence electrons. The first-order valence-electron chi connectivity index (χ1n) is 20.6. The summed E-state index contributed by atoms with van der Waals surface area (Å²) in [4.78, 5) is 22.4. The van der Waals surface area contributed by atoms with Crippen LogP contribution in [0, 0.1) is 0 Å². The molecule has 3 fully saturated rings. The molecule has 1 aromatic heterocycles. The molecule has 0 spiro atoms. The van der Waals surface area contributed by atoms with E-state index < -0.39 is 0 Å². The molecule has 4 rings (SSSR count). The molecule has 0 radical (unpaired) electrons. The third-order valence-corrected chi connectivity index (χ3v) is 12.9. The lowest BCUT2D eigenvalue weighted by Crippen LogP contribution is -2.63. The summed E-state index contributed by atoms with van der Waals surface area (Å²) >= 11 is 0. The number of hydrogen-bond donors (Lipinski definition) is 0. The number of hydrogen-bond acceptors (Lipinski definition) is 9. The predicted molar refractivity (Wildman–Crippen MR) is 210 cm³/mol. The molecule has 3 unspecified atom stereocenters. The molecule has 0 aliphatic carbocycles. The number of nitrogens with zero attached hydrogens (tertiary/aromatic N) is 6. The summed E-state index contributed by atoms with van der Waals surface area (Å²) in [5, 5.41) is 0. The Labute approximate surface area is 313 Å². The fraction of sp³-hybridized carbons (Fsp3) is 0.929. The minimum atomic E-state index is 0.0871. The van der Waals surface area contributed by atoms with Gasteiger partial charge in [0.1, 0.15) is 19.8 Å². The van der Waals surface area contributed by atoms with Gasteiger partial charge < -0.3 is 14.2 Å². The number of piperidine rings is 3. The van der Waals surface area contributed by atoms with Crippen LogP contribution in [0.2, 0.25) is 0 Å². The molecule has 0 bridgehead atoms. The van der Waals surface area contributed by atoms with Crippen LogP contribution < -0.4 is 14.2 Å². The van der Waals surface area contributed by atoms with Crippen molar-refractivity contribution in [2.75, 3.05) is 19.8 Å². The van der Waals surface area contributed by atoms with Crippen LogP contribution >= 0.6 is 0 Å². The van der Waals surface area contributed by atoms with Gasteiger partial charge in [-0.25, -0.2) is 0 Å². The minimum absolute atomic E-state index is 0.0871. The summed E-state index contributed by atoms with van der Waals surface area (Å²) in [6.07, 6.45) is 13.8. The fourth-order valence-corrected chi connectivity index (χ4v) is 11.2. The van der Waals surface area contributed by atoms with Crippen molar-refractivity contribution in [3.05, 3.63) is 0 Å². The largest absolute Gasteiger partial charge is 0.462 e. The lowest BCUT2D eigenvalue weighted by atomic mass is 9.78. The number of rotatable bonds is 15. The molecular weight excluding hydrogens is 637 g/mol. The summed E-state index contributed by atoms with van der Waals surface area (Å²) in [7, 11) is 0. The van der Waals surface area contributed by atoms with Gasteiger partial charge in [-0.2, -0.15) is 0 Å². The zero-order valence-corrected chi connectivity index (χ0v) is 35.7. The second kappa shape index (κ2) is 15.9. The van der Waals surface area contributed by atoms with Gasteiger partial charge in [0.25, 0.3) is 0 Å². The third kappa shape index (κ3) is 9.70. The van der Waals surface area contributed by atoms with Crippen LogP contribution in [0.25, 0.3) is 0 Å². The van der Waals surface area contributed by atoms with Crippen LogP contribution in [0.3, 0.4) is 0 Å². The Morgan fingerprint density at radius 1 is 0.412 bits per heavy atom. The van der Waals surface area contributed by atoms with Crippen molar-refractivity contribution in [3.63, 3.8) is 0 Å². The molecule has 3 saturated heterocycles. The molecule has 0 N–H and O–H groups in total. The second-order valence-corrected chi connectivity index (χ2v) is 19.8. The first-order valence-corrected chi connectivity index (χ1v) is 20.6. The van der Waals surface area contributed by atoms with Crippen molar-refractivity contribution >= 4 is 0 Å². The van der Waals surface area contributed by atoms with Gasteiger partial charge in [0.2, 0.25) is 0 Å². The highest BCUT2D eigenvalue weighted by molar-refractivity contribution is 5.11. The Bertz CT molecular complexity index is 1060. The highest BCUT2D eigenvalue weighted by atomic mass is 16.5. The Morgan fingerprint density at radius 2 is 0.608 bits per heavy atom. The van der Waals surface area contributed by atoms with Crippen molar-refractivity contribution in [1.82, 2.24) is 29.7 Å². The van der Waals surface area contributed by atoms with Gasteiger partial charge >= 0.3 is 18.0 Å². The van der Waals surface area contributed by atoms with Crippen molar-refractivity contribution in [2.24, 2.45) is 0 Å². The molecule has 3 aliphatic heterocycles. The van der Waals surface area contributed by atoms with Crippen molar-refractivity contribution in [3.8, 4) is 18.0 Å². The second-order valence-electron chi connectivity index (χ2n) is 19.8. The van der Waals surface area contributed by atoms with E-state index in [-0.39, 0.29) is 69.4 Å². The standard InChI is InChI=1S/C42H78N6O3/c1-16-31(46-37(4,5)22-19-23-38(46,6)7)28-49-34-43-35(50-29-32(17-2)47-39(8,9)24-20-25-40(47,10)11)45-36(44-34)51-30-33(18-3)48-41(12,13)26-21-27-42(48,14)15/h31-33H,16-30H2,1-15H3. The first-order chi connectivity index (χ1) is 23.6. The van der Waals surface area contributed by atoms with E-state index in [1.807, 2.05) is 0 Å². The van der Waals surface area contributed by atoms with Crippen LogP contribution in [0.4, 0.5) is 0 Å². The lowest BCUT2D eigenvalue weighted by molar-refractivity contribution is -0.0757. The molecule has 9 heteroatoms. The van der Waals surface area contributed by atoms with E-state index in [0.717, 1.165) is 19.3 Å². The summed E-state index contributed by atoms with van der Waals surface area (Å²) in [5.41, 5.74) is 0.522. The minimum Gasteiger partial charge on any atom is -0.462 e. The van der Waals surface area contributed by atoms with E-state index in [4.69, 9.17) is 29.2 Å². The SMILES string of the molecule is CCC(COc1nc(OCC(CC)N2C(C)(C)CCCC2(C)C)nc(OCC(CC)N2C(C)(C)CCCC2(C)C)n1)N1C(C)(C)CCCC1(C)C. The van der Waals surface area contributed by atoms with Crippen LogP contribution in [0.1, 0.15) is 181 Å². The Hall–Kier alpha value is -1.71. The number of ether oxygens (including phenoxy) is 3. The average molecular weight is 715 g/mol. The molecule has 0 saturated carbocycles. The van der Waals surface area contributed by atoms with Gasteiger partial charge in [-0.05, 0) is 160 Å². The van der Waals surface area contributed by atoms with E-state index in [1.165, 1.54) is 57.8 Å². The van der Waals surface area contributed by atoms with Gasteiger partial charge in [-0.1, -0.05) is 20.8 Å². The Balaban J connectivity index is 1.60. The first kappa shape index (κ1) is 42.0. The normalized spacial score (nSPS) is 26.2. The highest BCUT2D eigenvalue weighted by Crippen LogP contribution is 2.43. The quantitative estimate of drug-likeness (QED) is 0.177. The molecule has 4 heterocycles. The molecule has 0 amide bonds. The Kier molecular flexibility index (Phi) is 13.1. The predicted octanol–water partition coefficient (Wildman–Crippen LogP) is 9.47. The molecular formula is C42H78N6O3. The monoisotopic (exact) mass is 715 g/mol. The summed E-state index contributed by atoms with van der Waals surface area (Å²) in [6, 6.07) is 1.50. The summed E-state index contributed by atoms with van der Waals surface area (Å²) in [5.74, 6) is 0. The maximum Gasteiger partial charge on any atom is 0.325 e. The molecule has 51 heavy (non-hydrogen) atoms. The summed E-state index contributed by atoms with van der Waals surface area (Å²) in [6.45, 7) is 36.8. The van der Waals surface area contributed by atoms with Gasteiger partial charge in [0.05, 0.1) is 0 Å². The number of aromatic nitrogens is 3. The van der Waals surface area contributed by atoms with Crippen LogP contribution in [-0.4, -0.2) is 101 Å². The summed E-state index contributed by atoms with van der Waals surface area (Å²) < 4.78 is 19.6. The molecule has 3 atom stereocenters. The third-order valence-electron chi connectivity index (χ3n) is 12.9. The fourth-order valence-electron chi connectivity index (χ4n) is 11.2. The van der Waals surface area contributed by atoms with E-state index >= 15 is 0 Å². The van der Waals surface area contributed by atoms with Gasteiger partial charge in [-0.15, -0.1) is 15.0 Å². The lowest BCUT2D eigenvalue weighted by Gasteiger charge is -2.56. The molecule has 3 aliphatic rings. The van der Waals surface area contributed by atoms with Crippen molar-refractivity contribution in [2.45, 2.75) is 232 Å². The van der Waals surface area contributed by atoms with Gasteiger partial charge in [-0.3, -0.25) is 14.7 Å². The van der Waals surface area contributed by atoms with Crippen molar-refractivity contribution in [1.29, 1.82) is 0 Å². The van der Waals surface area contributed by atoms with Crippen molar-refractivity contribution < 1.29 is 14.2 Å². The van der Waals surface area contributed by atoms with Crippen LogP contribution in [0.5, 0.6) is 18.0 Å². The average Bonchev–Trinajstić information content (AvgIpc) is 3.00. The molecule has 0 aromatic carbocycles. The topological polar surface area (TPSA) is 76.1 Å². The van der Waals surface area contributed by atoms with Gasteiger partial charge in [0.15, 0.2) is 0 Å². The van der Waals surface area contributed by atoms with E-state index in [2.05, 4.69) is 119 Å². The zero-order chi connectivity index (χ0) is 38.0. The maximum absolute atomic E-state index is 6.53. The maximum atomic E-state index is 6.53.